The van der Waals surface area contributed by atoms with Crippen LogP contribution in [0, 0.1) is 0 Å². The number of morpholine rings is 1. The molecule has 1 rings (SSSR count). The molecule has 0 aromatic carbocycles. The predicted molar refractivity (Wildman–Crippen MR) is 62.6 cm³/mol. The Kier molecular flexibility index (Phi) is 4.59. The molecule has 0 radical (unpaired) electrons. The normalized spacial score (nSPS) is 22.5. The van der Waals surface area contributed by atoms with E-state index in [-0.39, 0.29) is 11.8 Å². The topological polar surface area (TPSA) is 71.4 Å². The van der Waals surface area contributed by atoms with Crippen LogP contribution in [0.3, 0.4) is 0 Å². The van der Waals surface area contributed by atoms with Gasteiger partial charge in [0.15, 0.2) is 5.17 Å². The van der Waals surface area contributed by atoms with Gasteiger partial charge in [0.2, 0.25) is 0 Å². The molecule has 0 bridgehead atoms. The van der Waals surface area contributed by atoms with Gasteiger partial charge in [0.25, 0.3) is 0 Å². The number of carbonyl (C=O) groups is 1. The first-order valence-corrected chi connectivity index (χ1v) is 5.68. The van der Waals surface area contributed by atoms with Crippen molar-refractivity contribution in [3.63, 3.8) is 0 Å². The first kappa shape index (κ1) is 14.1. The first-order valence-electron chi connectivity index (χ1n) is 5.30. The van der Waals surface area contributed by atoms with Crippen LogP contribution >= 0.6 is 11.6 Å². The molecule has 1 N–H and O–H groups in total. The highest BCUT2D eigenvalue weighted by atomic mass is 35.5. The Labute approximate surface area is 105 Å². The van der Waals surface area contributed by atoms with Crippen molar-refractivity contribution in [2.24, 2.45) is 5.16 Å². The quantitative estimate of drug-likeness (QED) is 0.444. The number of halogens is 1. The van der Waals surface area contributed by atoms with E-state index in [2.05, 4.69) is 5.16 Å². The van der Waals surface area contributed by atoms with Crippen molar-refractivity contribution in [2.75, 3.05) is 19.8 Å². The SMILES string of the molecule is CC(C)(C)OC(=O)N1CCOCC1C(Cl)=NO. The Morgan fingerprint density at radius 1 is 1.59 bits per heavy atom. The minimum Gasteiger partial charge on any atom is -0.444 e. The van der Waals surface area contributed by atoms with Crippen LogP contribution in [-0.4, -0.2) is 52.8 Å². The Balaban J connectivity index is 2.75. The lowest BCUT2D eigenvalue weighted by atomic mass is 10.2. The lowest BCUT2D eigenvalue weighted by Gasteiger charge is -2.35. The van der Waals surface area contributed by atoms with Gasteiger partial charge in [0.05, 0.1) is 13.2 Å². The molecule has 1 unspecified atom stereocenters. The molecule has 6 nitrogen and oxygen atoms in total. The van der Waals surface area contributed by atoms with Gasteiger partial charge in [0, 0.05) is 6.54 Å². The first-order chi connectivity index (χ1) is 7.85. The Hall–Kier alpha value is -1.01. The number of hydrogen-bond donors (Lipinski definition) is 1. The molecule has 1 fully saturated rings. The molecule has 0 spiro atoms. The van der Waals surface area contributed by atoms with E-state index in [9.17, 15) is 4.79 Å². The lowest BCUT2D eigenvalue weighted by molar-refractivity contribution is -0.0177. The highest BCUT2D eigenvalue weighted by Gasteiger charge is 2.33. The lowest BCUT2D eigenvalue weighted by Crippen LogP contribution is -2.52. The van der Waals surface area contributed by atoms with Gasteiger partial charge in [-0.05, 0) is 20.8 Å². The molecule has 98 valence electrons. The predicted octanol–water partition coefficient (Wildman–Crippen LogP) is 1.65. The summed E-state index contributed by atoms with van der Waals surface area (Å²) in [5, 5.41) is 11.4. The summed E-state index contributed by atoms with van der Waals surface area (Å²) in [6, 6.07) is -0.592. The number of hydrogen-bond acceptors (Lipinski definition) is 5. The van der Waals surface area contributed by atoms with Gasteiger partial charge in [-0.2, -0.15) is 0 Å². The zero-order valence-electron chi connectivity index (χ0n) is 10.1. The van der Waals surface area contributed by atoms with Gasteiger partial charge >= 0.3 is 6.09 Å². The summed E-state index contributed by atoms with van der Waals surface area (Å²) in [5.74, 6) is 0. The maximum absolute atomic E-state index is 11.9. The monoisotopic (exact) mass is 264 g/mol. The molecule has 1 saturated heterocycles. The van der Waals surface area contributed by atoms with Crippen molar-refractivity contribution in [3.05, 3.63) is 0 Å². The van der Waals surface area contributed by atoms with Crippen molar-refractivity contribution in [2.45, 2.75) is 32.4 Å². The van der Waals surface area contributed by atoms with Crippen molar-refractivity contribution >= 4 is 22.9 Å². The number of oxime groups is 1. The van der Waals surface area contributed by atoms with E-state index in [0.717, 1.165) is 0 Å². The number of ether oxygens (including phenoxy) is 2. The third kappa shape index (κ3) is 4.05. The molecular formula is C10H17ClN2O4. The summed E-state index contributed by atoms with van der Waals surface area (Å²) in [6.07, 6.45) is -0.493. The zero-order chi connectivity index (χ0) is 13.1. The molecule has 0 aromatic rings. The molecule has 1 atom stereocenters. The van der Waals surface area contributed by atoms with E-state index in [1.54, 1.807) is 20.8 Å². The maximum atomic E-state index is 11.9. The largest absolute Gasteiger partial charge is 0.444 e. The summed E-state index contributed by atoms with van der Waals surface area (Å²) in [5.41, 5.74) is -0.581. The molecule has 0 aromatic heterocycles. The van der Waals surface area contributed by atoms with Gasteiger partial charge in [-0.15, -0.1) is 0 Å². The molecule has 1 amide bonds. The number of rotatable bonds is 1. The van der Waals surface area contributed by atoms with E-state index in [0.29, 0.717) is 13.2 Å². The molecule has 1 aliphatic heterocycles. The van der Waals surface area contributed by atoms with Crippen LogP contribution in [0.15, 0.2) is 5.16 Å². The fraction of sp³-hybridized carbons (Fsp3) is 0.800. The highest BCUT2D eigenvalue weighted by molar-refractivity contribution is 6.66. The van der Waals surface area contributed by atoms with E-state index in [4.69, 9.17) is 26.3 Å². The van der Waals surface area contributed by atoms with Gasteiger partial charge in [-0.25, -0.2) is 4.79 Å². The molecule has 7 heteroatoms. The second-order valence-electron chi connectivity index (χ2n) is 4.69. The third-order valence-corrected chi connectivity index (χ3v) is 2.45. The fourth-order valence-electron chi connectivity index (χ4n) is 1.41. The summed E-state index contributed by atoms with van der Waals surface area (Å²) in [4.78, 5) is 13.3. The van der Waals surface area contributed by atoms with Crippen LogP contribution in [0.4, 0.5) is 4.79 Å². The second kappa shape index (κ2) is 5.55. The van der Waals surface area contributed by atoms with Gasteiger partial charge in [0.1, 0.15) is 11.6 Å². The van der Waals surface area contributed by atoms with Crippen molar-refractivity contribution in [1.29, 1.82) is 0 Å². The van der Waals surface area contributed by atoms with Crippen LogP contribution in [0.5, 0.6) is 0 Å². The smallest absolute Gasteiger partial charge is 0.411 e. The summed E-state index contributed by atoms with van der Waals surface area (Å²) in [7, 11) is 0. The van der Waals surface area contributed by atoms with Gasteiger partial charge < -0.3 is 14.7 Å². The summed E-state index contributed by atoms with van der Waals surface area (Å²) < 4.78 is 10.4. The van der Waals surface area contributed by atoms with E-state index in [1.165, 1.54) is 4.90 Å². The van der Waals surface area contributed by atoms with Gasteiger partial charge in [-0.3, -0.25) is 4.90 Å². The zero-order valence-corrected chi connectivity index (χ0v) is 10.9. The van der Waals surface area contributed by atoms with Crippen LogP contribution in [0.2, 0.25) is 0 Å². The fourth-order valence-corrected chi connectivity index (χ4v) is 1.59. The van der Waals surface area contributed by atoms with Crippen molar-refractivity contribution < 1.29 is 19.5 Å². The standard InChI is InChI=1S/C10H17ClN2O4/c1-10(2,3)17-9(14)13-4-5-16-6-7(13)8(11)12-15/h7,15H,4-6H2,1-3H3. The molecule has 0 aliphatic carbocycles. The summed E-state index contributed by atoms with van der Waals surface area (Å²) >= 11 is 5.72. The van der Waals surface area contributed by atoms with E-state index in [1.807, 2.05) is 0 Å². The minimum absolute atomic E-state index is 0.0874. The van der Waals surface area contributed by atoms with E-state index >= 15 is 0 Å². The van der Waals surface area contributed by atoms with Crippen LogP contribution < -0.4 is 0 Å². The summed E-state index contributed by atoms with van der Waals surface area (Å²) in [6.45, 7) is 6.30. The number of amides is 1. The average molecular weight is 265 g/mol. The molecule has 0 saturated carbocycles. The Morgan fingerprint density at radius 3 is 2.76 bits per heavy atom. The molecular weight excluding hydrogens is 248 g/mol. The van der Waals surface area contributed by atoms with Crippen LogP contribution in [0.25, 0.3) is 0 Å². The van der Waals surface area contributed by atoms with Crippen molar-refractivity contribution in [1.82, 2.24) is 4.90 Å². The van der Waals surface area contributed by atoms with Crippen molar-refractivity contribution in [3.8, 4) is 0 Å². The number of nitrogens with zero attached hydrogens (tertiary/aromatic N) is 2. The Bertz CT molecular complexity index is 314. The molecule has 1 aliphatic rings. The second-order valence-corrected chi connectivity index (χ2v) is 5.07. The van der Waals surface area contributed by atoms with Crippen LogP contribution in [0.1, 0.15) is 20.8 Å². The Morgan fingerprint density at radius 2 is 2.24 bits per heavy atom. The third-order valence-electron chi connectivity index (χ3n) is 2.13. The minimum atomic E-state index is -0.592. The van der Waals surface area contributed by atoms with E-state index < -0.39 is 17.7 Å². The maximum Gasteiger partial charge on any atom is 0.411 e. The average Bonchev–Trinajstić information content (AvgIpc) is 2.25. The highest BCUT2D eigenvalue weighted by Crippen LogP contribution is 2.16. The number of carbonyl (C=O) groups excluding carboxylic acids is 1. The van der Waals surface area contributed by atoms with Crippen LogP contribution in [-0.2, 0) is 9.47 Å². The molecule has 1 heterocycles. The van der Waals surface area contributed by atoms with Gasteiger partial charge in [-0.1, -0.05) is 16.8 Å². The molecule has 17 heavy (non-hydrogen) atoms.